The number of methoxy groups -OCH3 is 1. The van der Waals surface area contributed by atoms with Crippen molar-refractivity contribution in [2.75, 3.05) is 7.11 Å². The molecule has 0 aliphatic rings. The largest absolute Gasteiger partial charge is 0.496 e. The molecule has 0 unspecified atom stereocenters. The fraction of sp³-hybridized carbons (Fsp3) is 0.143. The Bertz CT molecular complexity index is 609. The third-order valence-corrected chi connectivity index (χ3v) is 5.30. The molecule has 106 valence electrons. The lowest BCUT2D eigenvalue weighted by Gasteiger charge is -2.13. The predicted molar refractivity (Wildman–Crippen MR) is 110 cm³/mol. The molecule has 0 amide bonds. The second-order valence-corrected chi connectivity index (χ2v) is 8.43. The van der Waals surface area contributed by atoms with Crippen molar-refractivity contribution in [3.8, 4) is 11.5 Å². The highest BCUT2D eigenvalue weighted by atomic mass is 127. The van der Waals surface area contributed by atoms with Crippen molar-refractivity contribution >= 4 is 83.7 Å². The van der Waals surface area contributed by atoms with Gasteiger partial charge in [0.25, 0.3) is 0 Å². The van der Waals surface area contributed by atoms with Crippen LogP contribution in [0.15, 0.2) is 34.8 Å². The van der Waals surface area contributed by atoms with Gasteiger partial charge in [-0.2, -0.15) is 0 Å². The molecule has 0 fully saturated rings. The van der Waals surface area contributed by atoms with E-state index in [0.717, 1.165) is 28.7 Å². The van der Waals surface area contributed by atoms with Gasteiger partial charge >= 0.3 is 0 Å². The van der Waals surface area contributed by atoms with Crippen LogP contribution in [-0.4, -0.2) is 7.11 Å². The SMILES string of the molecule is COc1ccc(Br)cc1COc1c(I)cc(I)cc1I. The summed E-state index contributed by atoms with van der Waals surface area (Å²) in [7, 11) is 1.67. The summed E-state index contributed by atoms with van der Waals surface area (Å²) in [6.45, 7) is 0.481. The molecule has 0 saturated heterocycles. The van der Waals surface area contributed by atoms with Gasteiger partial charge in [-0.05, 0) is 98.1 Å². The van der Waals surface area contributed by atoms with Crippen molar-refractivity contribution < 1.29 is 9.47 Å². The Morgan fingerprint density at radius 3 is 2.30 bits per heavy atom. The Hall–Kier alpha value is 0.710. The third kappa shape index (κ3) is 4.35. The van der Waals surface area contributed by atoms with E-state index in [1.165, 1.54) is 3.57 Å². The van der Waals surface area contributed by atoms with Crippen molar-refractivity contribution in [1.29, 1.82) is 0 Å². The van der Waals surface area contributed by atoms with Crippen LogP contribution >= 0.6 is 83.7 Å². The summed E-state index contributed by atoms with van der Waals surface area (Å²) in [5.74, 6) is 1.76. The summed E-state index contributed by atoms with van der Waals surface area (Å²) in [6, 6.07) is 10.1. The van der Waals surface area contributed by atoms with Gasteiger partial charge in [-0.15, -0.1) is 0 Å². The fourth-order valence-electron chi connectivity index (χ4n) is 1.68. The zero-order valence-corrected chi connectivity index (χ0v) is 18.5. The van der Waals surface area contributed by atoms with Crippen LogP contribution in [0, 0.1) is 10.7 Å². The van der Waals surface area contributed by atoms with E-state index in [1.54, 1.807) is 7.11 Å². The maximum atomic E-state index is 5.99. The van der Waals surface area contributed by atoms with Gasteiger partial charge < -0.3 is 9.47 Å². The molecule has 2 aromatic rings. The predicted octanol–water partition coefficient (Wildman–Crippen LogP) is 5.85. The normalized spacial score (nSPS) is 10.4. The molecule has 0 aromatic heterocycles. The summed E-state index contributed by atoms with van der Waals surface area (Å²) < 4.78 is 15.8. The molecule has 0 bridgehead atoms. The van der Waals surface area contributed by atoms with E-state index >= 15 is 0 Å². The molecule has 0 atom stereocenters. The van der Waals surface area contributed by atoms with Crippen molar-refractivity contribution in [1.82, 2.24) is 0 Å². The van der Waals surface area contributed by atoms with Gasteiger partial charge in [0.15, 0.2) is 0 Å². The van der Waals surface area contributed by atoms with E-state index in [-0.39, 0.29) is 0 Å². The number of rotatable bonds is 4. The Morgan fingerprint density at radius 2 is 1.70 bits per heavy atom. The average molecular weight is 671 g/mol. The monoisotopic (exact) mass is 670 g/mol. The van der Waals surface area contributed by atoms with Crippen LogP contribution in [0.1, 0.15) is 5.56 Å². The van der Waals surface area contributed by atoms with Gasteiger partial charge in [-0.1, -0.05) is 15.9 Å². The van der Waals surface area contributed by atoms with Crippen LogP contribution < -0.4 is 9.47 Å². The molecular weight excluding hydrogens is 661 g/mol. The molecule has 6 heteroatoms. The number of halogens is 4. The van der Waals surface area contributed by atoms with Gasteiger partial charge in [0.05, 0.1) is 14.3 Å². The van der Waals surface area contributed by atoms with Crippen LogP contribution in [0.25, 0.3) is 0 Å². The molecule has 0 saturated carbocycles. The molecule has 0 spiro atoms. The average Bonchev–Trinajstić information content (AvgIpc) is 2.37. The summed E-state index contributed by atoms with van der Waals surface area (Å²) in [5.41, 5.74) is 1.02. The van der Waals surface area contributed by atoms with Crippen LogP contribution in [0.5, 0.6) is 11.5 Å². The standard InChI is InChI=1S/C14H10BrI3O2/c1-19-13-3-2-9(15)4-8(13)7-20-14-11(17)5-10(16)6-12(14)18/h2-6H,7H2,1H3. The quantitative estimate of drug-likeness (QED) is 0.381. The minimum absolute atomic E-state index is 0.481. The molecule has 20 heavy (non-hydrogen) atoms. The maximum Gasteiger partial charge on any atom is 0.146 e. The number of hydrogen-bond acceptors (Lipinski definition) is 2. The smallest absolute Gasteiger partial charge is 0.146 e. The first-order valence-corrected chi connectivity index (χ1v) is 9.64. The van der Waals surface area contributed by atoms with E-state index < -0.39 is 0 Å². The van der Waals surface area contributed by atoms with E-state index in [0.29, 0.717) is 6.61 Å². The molecular formula is C14H10BrI3O2. The first-order valence-electron chi connectivity index (χ1n) is 5.61. The van der Waals surface area contributed by atoms with Gasteiger partial charge in [0, 0.05) is 13.6 Å². The Labute approximate surface area is 167 Å². The van der Waals surface area contributed by atoms with Crippen molar-refractivity contribution in [3.63, 3.8) is 0 Å². The molecule has 0 heterocycles. The molecule has 0 aliphatic heterocycles. The van der Waals surface area contributed by atoms with Crippen molar-refractivity contribution in [2.24, 2.45) is 0 Å². The summed E-state index contributed by atoms with van der Waals surface area (Å²) in [6.07, 6.45) is 0. The summed E-state index contributed by atoms with van der Waals surface area (Å²) in [5, 5.41) is 0. The van der Waals surface area contributed by atoms with E-state index in [2.05, 4.69) is 95.8 Å². The van der Waals surface area contributed by atoms with Gasteiger partial charge in [-0.25, -0.2) is 0 Å². The number of hydrogen-bond donors (Lipinski definition) is 0. The first kappa shape index (κ1) is 17.1. The highest BCUT2D eigenvalue weighted by Crippen LogP contribution is 2.31. The van der Waals surface area contributed by atoms with Crippen LogP contribution in [0.2, 0.25) is 0 Å². The van der Waals surface area contributed by atoms with Gasteiger partial charge in [-0.3, -0.25) is 0 Å². The fourth-order valence-corrected chi connectivity index (χ4v) is 5.98. The first-order chi connectivity index (χ1) is 9.51. The molecule has 2 rings (SSSR count). The zero-order valence-electron chi connectivity index (χ0n) is 10.4. The Morgan fingerprint density at radius 1 is 1.05 bits per heavy atom. The van der Waals surface area contributed by atoms with Crippen LogP contribution in [-0.2, 0) is 6.61 Å². The Kier molecular flexibility index (Phi) is 6.67. The third-order valence-electron chi connectivity index (χ3n) is 2.58. The minimum atomic E-state index is 0.481. The molecule has 0 radical (unpaired) electrons. The topological polar surface area (TPSA) is 18.5 Å². The lowest BCUT2D eigenvalue weighted by atomic mass is 10.2. The van der Waals surface area contributed by atoms with Crippen molar-refractivity contribution in [2.45, 2.75) is 6.61 Å². The second kappa shape index (κ2) is 7.82. The maximum absolute atomic E-state index is 5.99. The highest BCUT2D eigenvalue weighted by Gasteiger charge is 2.10. The molecule has 0 N–H and O–H groups in total. The molecule has 2 nitrogen and oxygen atoms in total. The lowest BCUT2D eigenvalue weighted by molar-refractivity contribution is 0.292. The van der Waals surface area contributed by atoms with E-state index in [1.807, 2.05) is 18.2 Å². The molecule has 2 aromatic carbocycles. The van der Waals surface area contributed by atoms with Crippen molar-refractivity contribution in [3.05, 3.63) is 51.1 Å². The number of benzene rings is 2. The lowest BCUT2D eigenvalue weighted by Crippen LogP contribution is -2.01. The summed E-state index contributed by atoms with van der Waals surface area (Å²) >= 11 is 10.4. The zero-order chi connectivity index (χ0) is 14.7. The summed E-state index contributed by atoms with van der Waals surface area (Å²) in [4.78, 5) is 0. The second-order valence-electron chi connectivity index (χ2n) is 3.94. The van der Waals surface area contributed by atoms with E-state index in [4.69, 9.17) is 9.47 Å². The van der Waals surface area contributed by atoms with Gasteiger partial charge in [0.1, 0.15) is 18.1 Å². The highest BCUT2D eigenvalue weighted by molar-refractivity contribution is 14.1. The number of ether oxygens (including phenoxy) is 2. The van der Waals surface area contributed by atoms with Gasteiger partial charge in [0.2, 0.25) is 0 Å². The van der Waals surface area contributed by atoms with Crippen LogP contribution in [0.4, 0.5) is 0 Å². The molecule has 0 aliphatic carbocycles. The minimum Gasteiger partial charge on any atom is -0.496 e. The van der Waals surface area contributed by atoms with Crippen LogP contribution in [0.3, 0.4) is 0 Å². The Balaban J connectivity index is 2.23. The van der Waals surface area contributed by atoms with E-state index in [9.17, 15) is 0 Å².